The van der Waals surface area contributed by atoms with Gasteiger partial charge in [0, 0.05) is 31.6 Å². The van der Waals surface area contributed by atoms with Crippen LogP contribution in [0.25, 0.3) is 0 Å². The number of rotatable bonds is 5. The number of anilines is 1. The van der Waals surface area contributed by atoms with Gasteiger partial charge in [-0.1, -0.05) is 5.16 Å². The maximum atomic E-state index is 12.3. The molecule has 0 unspecified atom stereocenters. The third-order valence-electron chi connectivity index (χ3n) is 3.15. The first-order chi connectivity index (χ1) is 9.61. The predicted octanol–water partition coefficient (Wildman–Crippen LogP) is 2.67. The number of pyridine rings is 1. The molecule has 0 bridgehead atoms. The van der Waals surface area contributed by atoms with Crippen molar-refractivity contribution in [2.24, 2.45) is 0 Å². The van der Waals surface area contributed by atoms with Crippen LogP contribution in [0.1, 0.15) is 30.5 Å². The maximum absolute atomic E-state index is 12.3. The number of carbonyl (C=O) groups excluding carboxylic acids is 1. The molecule has 1 amide bonds. The largest absolute Gasteiger partial charge is 0.361 e. The highest BCUT2D eigenvalue weighted by molar-refractivity contribution is 5.93. The van der Waals surface area contributed by atoms with Gasteiger partial charge < -0.3 is 9.42 Å². The molecule has 20 heavy (non-hydrogen) atoms. The monoisotopic (exact) mass is 273 g/mol. The zero-order valence-corrected chi connectivity index (χ0v) is 12.1. The molecule has 0 radical (unpaired) electrons. The van der Waals surface area contributed by atoms with Crippen LogP contribution >= 0.6 is 0 Å². The van der Waals surface area contributed by atoms with E-state index < -0.39 is 0 Å². The molecule has 0 aromatic carbocycles. The van der Waals surface area contributed by atoms with Crippen LogP contribution in [-0.4, -0.2) is 22.6 Å². The lowest BCUT2D eigenvalue weighted by molar-refractivity contribution is -0.118. The Kier molecular flexibility index (Phi) is 4.50. The highest BCUT2D eigenvalue weighted by Crippen LogP contribution is 2.18. The lowest BCUT2D eigenvalue weighted by Gasteiger charge is -2.22. The number of hydrogen-bond donors (Lipinski definition) is 0. The Morgan fingerprint density at radius 1 is 1.40 bits per heavy atom. The molecule has 5 heteroatoms. The fourth-order valence-electron chi connectivity index (χ4n) is 2.14. The summed E-state index contributed by atoms with van der Waals surface area (Å²) in [6, 6.07) is 5.62. The molecular weight excluding hydrogens is 254 g/mol. The summed E-state index contributed by atoms with van der Waals surface area (Å²) in [4.78, 5) is 18.3. The lowest BCUT2D eigenvalue weighted by atomic mass is 10.2. The maximum Gasteiger partial charge on any atom is 0.227 e. The van der Waals surface area contributed by atoms with Gasteiger partial charge in [-0.25, -0.2) is 0 Å². The van der Waals surface area contributed by atoms with E-state index in [9.17, 15) is 4.79 Å². The molecule has 0 aliphatic heterocycles. The third-order valence-corrected chi connectivity index (χ3v) is 3.15. The van der Waals surface area contributed by atoms with Crippen LogP contribution in [0.2, 0.25) is 0 Å². The molecule has 2 rings (SSSR count). The Bertz CT molecular complexity index is 592. The molecular formula is C15H19N3O2. The molecule has 0 saturated heterocycles. The van der Waals surface area contributed by atoms with Gasteiger partial charge >= 0.3 is 0 Å². The van der Waals surface area contributed by atoms with Gasteiger partial charge in [-0.3, -0.25) is 9.78 Å². The molecule has 106 valence electrons. The highest BCUT2D eigenvalue weighted by Gasteiger charge is 2.16. The Morgan fingerprint density at radius 2 is 2.20 bits per heavy atom. The highest BCUT2D eigenvalue weighted by atomic mass is 16.5. The van der Waals surface area contributed by atoms with Crippen molar-refractivity contribution < 1.29 is 9.32 Å². The van der Waals surface area contributed by atoms with Crippen molar-refractivity contribution in [2.75, 3.05) is 11.4 Å². The second kappa shape index (κ2) is 6.32. The van der Waals surface area contributed by atoms with E-state index in [-0.39, 0.29) is 5.91 Å². The number of hydrogen-bond acceptors (Lipinski definition) is 4. The van der Waals surface area contributed by atoms with Crippen molar-refractivity contribution in [2.45, 2.75) is 33.6 Å². The molecule has 0 fully saturated rings. The molecule has 0 saturated carbocycles. The van der Waals surface area contributed by atoms with Crippen molar-refractivity contribution in [3.63, 3.8) is 0 Å². The van der Waals surface area contributed by atoms with Crippen LogP contribution in [0.5, 0.6) is 0 Å². The standard InChI is InChI=1S/C15H19N3O2/c1-4-18(14-6-5-9-16-12(14)3)15(19)8-7-13-10-11(2)17-20-13/h5-6,9-10H,4,7-8H2,1-3H3. The van der Waals surface area contributed by atoms with Crippen molar-refractivity contribution in [3.05, 3.63) is 41.5 Å². The Hall–Kier alpha value is -2.17. The molecule has 2 aromatic rings. The molecule has 2 aromatic heterocycles. The van der Waals surface area contributed by atoms with Crippen molar-refractivity contribution >= 4 is 11.6 Å². The van der Waals surface area contributed by atoms with Crippen LogP contribution < -0.4 is 4.90 Å². The van der Waals surface area contributed by atoms with E-state index in [1.54, 1.807) is 11.1 Å². The third kappa shape index (κ3) is 3.23. The van der Waals surface area contributed by atoms with E-state index in [4.69, 9.17) is 4.52 Å². The molecule has 0 aliphatic carbocycles. The molecule has 0 spiro atoms. The topological polar surface area (TPSA) is 59.2 Å². The zero-order chi connectivity index (χ0) is 14.5. The van der Waals surface area contributed by atoms with Crippen LogP contribution in [0.15, 0.2) is 28.9 Å². The predicted molar refractivity (Wildman–Crippen MR) is 76.6 cm³/mol. The Labute approximate surface area is 118 Å². The quantitative estimate of drug-likeness (QED) is 0.840. The number of amides is 1. The van der Waals surface area contributed by atoms with Gasteiger partial charge in [-0.15, -0.1) is 0 Å². The second-order valence-corrected chi connectivity index (χ2v) is 4.68. The molecule has 0 N–H and O–H groups in total. The van der Waals surface area contributed by atoms with E-state index >= 15 is 0 Å². The van der Waals surface area contributed by atoms with E-state index in [1.165, 1.54) is 0 Å². The molecule has 0 aliphatic rings. The Morgan fingerprint density at radius 3 is 2.80 bits per heavy atom. The van der Waals surface area contributed by atoms with Crippen LogP contribution in [0.3, 0.4) is 0 Å². The summed E-state index contributed by atoms with van der Waals surface area (Å²) in [5, 5.41) is 3.82. The summed E-state index contributed by atoms with van der Waals surface area (Å²) in [5.41, 5.74) is 2.56. The van der Waals surface area contributed by atoms with Gasteiger partial charge in [-0.2, -0.15) is 0 Å². The smallest absolute Gasteiger partial charge is 0.227 e. The van der Waals surface area contributed by atoms with Crippen LogP contribution in [0, 0.1) is 13.8 Å². The van der Waals surface area contributed by atoms with Crippen LogP contribution in [0.4, 0.5) is 5.69 Å². The van der Waals surface area contributed by atoms with Crippen LogP contribution in [-0.2, 0) is 11.2 Å². The number of aryl methyl sites for hydroxylation is 3. The first-order valence-corrected chi connectivity index (χ1v) is 6.76. The summed E-state index contributed by atoms with van der Waals surface area (Å²) >= 11 is 0. The van der Waals surface area contributed by atoms with Crippen molar-refractivity contribution in [3.8, 4) is 0 Å². The minimum atomic E-state index is 0.0673. The first-order valence-electron chi connectivity index (χ1n) is 6.76. The van der Waals surface area contributed by atoms with Gasteiger partial charge in [0.15, 0.2) is 0 Å². The summed E-state index contributed by atoms with van der Waals surface area (Å²) in [6.07, 6.45) is 2.70. The van der Waals surface area contributed by atoms with Crippen molar-refractivity contribution in [1.82, 2.24) is 10.1 Å². The van der Waals surface area contributed by atoms with Gasteiger partial charge in [0.25, 0.3) is 0 Å². The first kappa shape index (κ1) is 14.2. The number of aromatic nitrogens is 2. The summed E-state index contributed by atoms with van der Waals surface area (Å²) < 4.78 is 5.12. The Balaban J connectivity index is 2.04. The zero-order valence-electron chi connectivity index (χ0n) is 12.1. The molecule has 0 atom stereocenters. The fraction of sp³-hybridized carbons (Fsp3) is 0.400. The normalized spacial score (nSPS) is 10.6. The second-order valence-electron chi connectivity index (χ2n) is 4.68. The van der Waals surface area contributed by atoms with Crippen molar-refractivity contribution in [1.29, 1.82) is 0 Å². The lowest BCUT2D eigenvalue weighted by Crippen LogP contribution is -2.31. The van der Waals surface area contributed by atoms with Gasteiger partial charge in [0.2, 0.25) is 5.91 Å². The van der Waals surface area contributed by atoms with E-state index in [1.807, 2.05) is 39.0 Å². The van der Waals surface area contributed by atoms with E-state index in [2.05, 4.69) is 10.1 Å². The SMILES string of the molecule is CCN(C(=O)CCc1cc(C)no1)c1cccnc1C. The minimum Gasteiger partial charge on any atom is -0.361 e. The van der Waals surface area contributed by atoms with Gasteiger partial charge in [0.05, 0.1) is 17.1 Å². The summed E-state index contributed by atoms with van der Waals surface area (Å²) in [7, 11) is 0. The summed E-state index contributed by atoms with van der Waals surface area (Å²) in [5.74, 6) is 0.812. The molecule has 5 nitrogen and oxygen atoms in total. The van der Waals surface area contributed by atoms with E-state index in [0.29, 0.717) is 19.4 Å². The fourth-order valence-corrected chi connectivity index (χ4v) is 2.14. The average molecular weight is 273 g/mol. The minimum absolute atomic E-state index is 0.0673. The number of nitrogens with zero attached hydrogens (tertiary/aromatic N) is 3. The van der Waals surface area contributed by atoms with Gasteiger partial charge in [-0.05, 0) is 32.9 Å². The van der Waals surface area contributed by atoms with E-state index in [0.717, 1.165) is 22.8 Å². The number of carbonyl (C=O) groups is 1. The average Bonchev–Trinajstić information content (AvgIpc) is 2.85. The molecule has 2 heterocycles. The summed E-state index contributed by atoms with van der Waals surface area (Å²) in [6.45, 7) is 6.36. The van der Waals surface area contributed by atoms with Gasteiger partial charge in [0.1, 0.15) is 5.76 Å².